The lowest BCUT2D eigenvalue weighted by Crippen LogP contribution is -2.32. The van der Waals surface area contributed by atoms with E-state index in [0.717, 1.165) is 38.0 Å². The number of fused-ring (bicyclic) bond motifs is 1. The molecule has 4 rings (SSSR count). The van der Waals surface area contributed by atoms with Crippen molar-refractivity contribution in [1.82, 2.24) is 9.88 Å². The number of ether oxygens (including phenoxy) is 2. The van der Waals surface area contributed by atoms with Crippen molar-refractivity contribution in [2.45, 2.75) is 32.2 Å². The van der Waals surface area contributed by atoms with Crippen LogP contribution in [-0.2, 0) is 16.0 Å². The van der Waals surface area contributed by atoms with Gasteiger partial charge in [0.2, 0.25) is 0 Å². The summed E-state index contributed by atoms with van der Waals surface area (Å²) < 4.78 is 10.5. The predicted octanol–water partition coefficient (Wildman–Crippen LogP) is 4.74. The average Bonchev–Trinajstić information content (AvgIpc) is 3.21. The normalized spacial score (nSPS) is 15.5. The summed E-state index contributed by atoms with van der Waals surface area (Å²) >= 11 is 0. The summed E-state index contributed by atoms with van der Waals surface area (Å²) in [6.45, 7) is 6.27. The minimum absolute atomic E-state index is 0.283. The van der Waals surface area contributed by atoms with Crippen LogP contribution in [0.2, 0.25) is 0 Å². The zero-order valence-electron chi connectivity index (χ0n) is 17.6. The molecule has 158 valence electrons. The molecule has 0 saturated carbocycles. The van der Waals surface area contributed by atoms with Crippen LogP contribution in [0.15, 0.2) is 54.7 Å². The quantitative estimate of drug-likeness (QED) is 0.434. The van der Waals surface area contributed by atoms with Crippen LogP contribution in [0, 0.1) is 0 Å². The molecule has 0 spiro atoms. The van der Waals surface area contributed by atoms with Crippen molar-refractivity contribution in [3.05, 3.63) is 71.4 Å². The van der Waals surface area contributed by atoms with E-state index in [0.29, 0.717) is 24.7 Å². The van der Waals surface area contributed by atoms with Crippen LogP contribution >= 0.6 is 0 Å². The molecule has 1 saturated heterocycles. The maximum Gasteiger partial charge on any atom is 0.338 e. The lowest BCUT2D eigenvalue weighted by atomic mass is 9.89. The maximum atomic E-state index is 12.2. The summed E-state index contributed by atoms with van der Waals surface area (Å²) in [5.41, 5.74) is 4.43. The molecule has 0 amide bonds. The Balaban J connectivity index is 1.31. The molecule has 1 aromatic heterocycles. The number of nitrogens with one attached hydrogen (secondary N) is 1. The molecule has 1 fully saturated rings. The standard InChI is InChI=1S/C25H30N2O3/c1-2-29-14-15-30-25(28)21-7-5-6-19(16-21)18-27-12-10-20(11-13-27)23-17-26-24-9-4-3-8-22(23)24/h3-9,16-17,20,26H,2,10-15,18H2,1H3. The molecular formula is C25H30N2O3. The number of carbonyl (C=O) groups is 1. The van der Waals surface area contributed by atoms with Crippen molar-refractivity contribution in [2.75, 3.05) is 32.9 Å². The van der Waals surface area contributed by atoms with Gasteiger partial charge in [0.25, 0.3) is 0 Å². The molecule has 0 unspecified atom stereocenters. The highest BCUT2D eigenvalue weighted by Crippen LogP contribution is 2.33. The van der Waals surface area contributed by atoms with Gasteiger partial charge in [-0.1, -0.05) is 30.3 Å². The molecule has 0 aliphatic carbocycles. The molecule has 5 nitrogen and oxygen atoms in total. The number of benzene rings is 2. The van der Waals surface area contributed by atoms with Crippen molar-refractivity contribution < 1.29 is 14.3 Å². The van der Waals surface area contributed by atoms with Gasteiger partial charge in [-0.3, -0.25) is 4.90 Å². The fourth-order valence-electron chi connectivity index (χ4n) is 4.31. The Morgan fingerprint density at radius 2 is 1.93 bits per heavy atom. The first-order valence-corrected chi connectivity index (χ1v) is 10.9. The Bertz CT molecular complexity index is 973. The number of likely N-dealkylation sites (tertiary alicyclic amines) is 1. The monoisotopic (exact) mass is 406 g/mol. The minimum atomic E-state index is -0.283. The fraction of sp³-hybridized carbons (Fsp3) is 0.400. The summed E-state index contributed by atoms with van der Waals surface area (Å²) in [7, 11) is 0. The Kier molecular flexibility index (Phi) is 6.82. The summed E-state index contributed by atoms with van der Waals surface area (Å²) in [5.74, 6) is 0.318. The van der Waals surface area contributed by atoms with E-state index in [1.54, 1.807) is 0 Å². The number of carbonyl (C=O) groups excluding carboxylic acids is 1. The Morgan fingerprint density at radius 1 is 1.10 bits per heavy atom. The maximum absolute atomic E-state index is 12.2. The Hall–Kier alpha value is -2.63. The van der Waals surface area contributed by atoms with E-state index < -0.39 is 0 Å². The van der Waals surface area contributed by atoms with Gasteiger partial charge in [-0.05, 0) is 68.1 Å². The van der Waals surface area contributed by atoms with E-state index in [1.165, 1.54) is 16.5 Å². The van der Waals surface area contributed by atoms with Crippen LogP contribution in [0.3, 0.4) is 0 Å². The summed E-state index contributed by atoms with van der Waals surface area (Å²) in [6.07, 6.45) is 4.49. The van der Waals surface area contributed by atoms with Gasteiger partial charge in [0.15, 0.2) is 0 Å². The number of nitrogens with zero attached hydrogens (tertiary/aromatic N) is 1. The minimum Gasteiger partial charge on any atom is -0.460 e. The van der Waals surface area contributed by atoms with Gasteiger partial charge in [-0.15, -0.1) is 0 Å². The number of aromatic amines is 1. The van der Waals surface area contributed by atoms with E-state index in [9.17, 15) is 4.79 Å². The predicted molar refractivity (Wildman–Crippen MR) is 119 cm³/mol. The zero-order valence-corrected chi connectivity index (χ0v) is 17.6. The third-order valence-corrected chi connectivity index (χ3v) is 5.88. The second-order valence-electron chi connectivity index (χ2n) is 7.87. The van der Waals surface area contributed by atoms with Gasteiger partial charge >= 0.3 is 5.97 Å². The van der Waals surface area contributed by atoms with Gasteiger partial charge in [0, 0.05) is 30.3 Å². The van der Waals surface area contributed by atoms with Gasteiger partial charge in [0.05, 0.1) is 12.2 Å². The molecular weight excluding hydrogens is 376 g/mol. The molecule has 1 aliphatic heterocycles. The van der Waals surface area contributed by atoms with Crippen LogP contribution in [-0.4, -0.2) is 48.8 Å². The van der Waals surface area contributed by atoms with Crippen LogP contribution in [0.4, 0.5) is 0 Å². The molecule has 3 aromatic rings. The van der Waals surface area contributed by atoms with E-state index in [2.05, 4.69) is 46.4 Å². The fourth-order valence-corrected chi connectivity index (χ4v) is 4.31. The second-order valence-corrected chi connectivity index (χ2v) is 7.87. The second kappa shape index (κ2) is 9.92. The molecule has 0 radical (unpaired) electrons. The molecule has 0 bridgehead atoms. The summed E-state index contributed by atoms with van der Waals surface area (Å²) in [6, 6.07) is 16.3. The van der Waals surface area contributed by atoms with Crippen molar-refractivity contribution in [2.24, 2.45) is 0 Å². The third kappa shape index (κ3) is 4.91. The summed E-state index contributed by atoms with van der Waals surface area (Å²) in [5, 5.41) is 1.35. The molecule has 5 heteroatoms. The first-order chi connectivity index (χ1) is 14.7. The van der Waals surface area contributed by atoms with Crippen LogP contribution in [0.5, 0.6) is 0 Å². The average molecular weight is 407 g/mol. The highest BCUT2D eigenvalue weighted by atomic mass is 16.6. The van der Waals surface area contributed by atoms with E-state index >= 15 is 0 Å². The number of hydrogen-bond acceptors (Lipinski definition) is 4. The van der Waals surface area contributed by atoms with Gasteiger partial charge < -0.3 is 14.5 Å². The number of para-hydroxylation sites is 1. The van der Waals surface area contributed by atoms with Crippen molar-refractivity contribution in [3.63, 3.8) is 0 Å². The number of esters is 1. The van der Waals surface area contributed by atoms with Crippen molar-refractivity contribution >= 4 is 16.9 Å². The largest absolute Gasteiger partial charge is 0.460 e. The van der Waals surface area contributed by atoms with E-state index in [-0.39, 0.29) is 12.6 Å². The Labute approximate surface area is 178 Å². The zero-order chi connectivity index (χ0) is 20.8. The van der Waals surface area contributed by atoms with E-state index in [4.69, 9.17) is 9.47 Å². The molecule has 30 heavy (non-hydrogen) atoms. The van der Waals surface area contributed by atoms with Gasteiger partial charge in [0.1, 0.15) is 6.61 Å². The lowest BCUT2D eigenvalue weighted by Gasteiger charge is -2.32. The first kappa shape index (κ1) is 20.6. The summed E-state index contributed by atoms with van der Waals surface area (Å²) in [4.78, 5) is 18.1. The highest BCUT2D eigenvalue weighted by Gasteiger charge is 2.23. The van der Waals surface area contributed by atoms with Crippen molar-refractivity contribution in [1.29, 1.82) is 0 Å². The smallest absolute Gasteiger partial charge is 0.338 e. The number of hydrogen-bond donors (Lipinski definition) is 1. The third-order valence-electron chi connectivity index (χ3n) is 5.88. The van der Waals surface area contributed by atoms with Gasteiger partial charge in [-0.2, -0.15) is 0 Å². The topological polar surface area (TPSA) is 54.6 Å². The van der Waals surface area contributed by atoms with Gasteiger partial charge in [-0.25, -0.2) is 4.79 Å². The SMILES string of the molecule is CCOCCOC(=O)c1cccc(CN2CCC(c3c[nH]c4ccccc34)CC2)c1. The lowest BCUT2D eigenvalue weighted by molar-refractivity contribution is 0.0335. The van der Waals surface area contributed by atoms with Crippen molar-refractivity contribution in [3.8, 4) is 0 Å². The molecule has 1 aliphatic rings. The molecule has 2 aromatic carbocycles. The first-order valence-electron chi connectivity index (χ1n) is 10.9. The number of piperidine rings is 1. The molecule has 1 N–H and O–H groups in total. The number of aromatic nitrogens is 1. The van der Waals surface area contributed by atoms with E-state index in [1.807, 2.05) is 25.1 Å². The highest BCUT2D eigenvalue weighted by molar-refractivity contribution is 5.89. The van der Waals surface area contributed by atoms with Crippen LogP contribution in [0.1, 0.15) is 47.2 Å². The van der Waals surface area contributed by atoms with Crippen LogP contribution in [0.25, 0.3) is 10.9 Å². The molecule has 2 heterocycles. The number of rotatable bonds is 8. The Morgan fingerprint density at radius 3 is 2.77 bits per heavy atom. The number of H-pyrrole nitrogens is 1. The van der Waals surface area contributed by atoms with Crippen LogP contribution < -0.4 is 0 Å². The molecule has 0 atom stereocenters.